The Morgan fingerprint density at radius 3 is 2.76 bits per heavy atom. The highest BCUT2D eigenvalue weighted by Gasteiger charge is 2.41. The molecular weight excluding hydrogens is 286 g/mol. The molecule has 5 heteroatoms. The fourth-order valence-corrected chi connectivity index (χ4v) is 4.70. The first-order valence-electron chi connectivity index (χ1n) is 8.19. The molecule has 1 unspecified atom stereocenters. The monoisotopic (exact) mass is 315 g/mol. The first kappa shape index (κ1) is 17.1. The lowest BCUT2D eigenvalue weighted by molar-refractivity contribution is -0.149. The minimum Gasteiger partial charge on any atom is -0.465 e. The van der Waals surface area contributed by atoms with E-state index in [0.717, 1.165) is 32.3 Å². The number of nitrogens with zero attached hydrogens (tertiary/aromatic N) is 1. The zero-order valence-corrected chi connectivity index (χ0v) is 14.4. The van der Waals surface area contributed by atoms with Crippen LogP contribution in [0.25, 0.3) is 0 Å². The molecule has 2 aliphatic rings. The normalized spacial score (nSPS) is 25.5. The first-order valence-corrected chi connectivity index (χ1v) is 9.35. The maximum absolute atomic E-state index is 11.9. The van der Waals surface area contributed by atoms with Crippen LogP contribution >= 0.6 is 11.8 Å². The van der Waals surface area contributed by atoms with Gasteiger partial charge in [-0.05, 0) is 58.0 Å². The molecule has 2 aliphatic heterocycles. The molecule has 4 nitrogen and oxygen atoms in total. The Morgan fingerprint density at radius 2 is 2.14 bits per heavy atom. The highest BCUT2D eigenvalue weighted by atomic mass is 32.2. The van der Waals surface area contributed by atoms with Gasteiger partial charge in [-0.3, -0.25) is 9.69 Å². The first-order chi connectivity index (χ1) is 10.1. The summed E-state index contributed by atoms with van der Waals surface area (Å²) in [7, 11) is 0. The summed E-state index contributed by atoms with van der Waals surface area (Å²) in [6, 6.07) is 0.791. The number of hydrogen-bond acceptors (Lipinski definition) is 5. The summed E-state index contributed by atoms with van der Waals surface area (Å²) in [6.07, 6.45) is 4.39. The van der Waals surface area contributed by atoms with Crippen molar-refractivity contribution in [3.05, 3.63) is 0 Å². The number of ether oxygens (including phenoxy) is 2. The van der Waals surface area contributed by atoms with Gasteiger partial charge in [-0.2, -0.15) is 11.8 Å². The Labute approximate surface area is 132 Å². The van der Waals surface area contributed by atoms with Crippen molar-refractivity contribution in [3.63, 3.8) is 0 Å². The summed E-state index contributed by atoms with van der Waals surface area (Å²) in [6.45, 7) is 7.87. The highest BCUT2D eigenvalue weighted by Crippen LogP contribution is 2.39. The molecule has 2 rings (SSSR count). The zero-order chi connectivity index (χ0) is 15.3. The van der Waals surface area contributed by atoms with Crippen LogP contribution in [0.4, 0.5) is 0 Å². The topological polar surface area (TPSA) is 38.8 Å². The Kier molecular flexibility index (Phi) is 6.38. The molecule has 0 aromatic carbocycles. The number of rotatable bonds is 5. The molecule has 0 radical (unpaired) electrons. The lowest BCUT2D eigenvalue weighted by Crippen LogP contribution is -2.53. The van der Waals surface area contributed by atoms with Crippen molar-refractivity contribution < 1.29 is 14.3 Å². The molecule has 0 aromatic heterocycles. The Morgan fingerprint density at radius 1 is 1.43 bits per heavy atom. The summed E-state index contributed by atoms with van der Waals surface area (Å²) >= 11 is 2.03. The van der Waals surface area contributed by atoms with Crippen LogP contribution in [-0.4, -0.2) is 59.8 Å². The van der Waals surface area contributed by atoms with Crippen molar-refractivity contribution in [1.29, 1.82) is 0 Å². The minimum atomic E-state index is -0.106. The third kappa shape index (κ3) is 4.60. The molecule has 0 bridgehead atoms. The van der Waals surface area contributed by atoms with Crippen LogP contribution < -0.4 is 0 Å². The Balaban J connectivity index is 2.00. The molecule has 0 N–H and O–H groups in total. The average Bonchev–Trinajstić information content (AvgIpc) is 2.45. The molecule has 2 fully saturated rings. The predicted molar refractivity (Wildman–Crippen MR) is 86.7 cm³/mol. The lowest BCUT2D eigenvalue weighted by Gasteiger charge is -2.47. The van der Waals surface area contributed by atoms with E-state index in [4.69, 9.17) is 9.47 Å². The van der Waals surface area contributed by atoms with Crippen molar-refractivity contribution in [3.8, 4) is 0 Å². The average molecular weight is 315 g/mol. The van der Waals surface area contributed by atoms with Gasteiger partial charge < -0.3 is 9.47 Å². The van der Waals surface area contributed by atoms with Gasteiger partial charge >= 0.3 is 5.97 Å². The fourth-order valence-electron chi connectivity index (χ4n) is 3.47. The van der Waals surface area contributed by atoms with Crippen LogP contribution in [0.5, 0.6) is 0 Å². The van der Waals surface area contributed by atoms with Gasteiger partial charge in [0.05, 0.1) is 18.8 Å². The number of carbonyl (C=O) groups is 1. The Bertz CT molecular complexity index is 337. The maximum atomic E-state index is 11.9. The van der Waals surface area contributed by atoms with E-state index in [1.807, 2.05) is 18.7 Å². The van der Waals surface area contributed by atoms with Crippen molar-refractivity contribution in [2.24, 2.45) is 0 Å². The van der Waals surface area contributed by atoms with E-state index in [2.05, 4.69) is 18.7 Å². The second-order valence-corrected chi connectivity index (χ2v) is 7.59. The summed E-state index contributed by atoms with van der Waals surface area (Å²) in [5.74, 6) is 2.30. The third-order valence-electron chi connectivity index (χ3n) is 4.62. The van der Waals surface area contributed by atoms with Crippen molar-refractivity contribution in [1.82, 2.24) is 4.90 Å². The van der Waals surface area contributed by atoms with Crippen LogP contribution in [0.2, 0.25) is 0 Å². The number of thioether (sulfide) groups is 1. The molecule has 2 saturated heterocycles. The summed E-state index contributed by atoms with van der Waals surface area (Å²) < 4.78 is 11.3. The van der Waals surface area contributed by atoms with E-state index in [0.29, 0.717) is 25.2 Å². The van der Waals surface area contributed by atoms with Crippen LogP contribution in [0.3, 0.4) is 0 Å². The van der Waals surface area contributed by atoms with Crippen molar-refractivity contribution >= 4 is 17.7 Å². The standard InChI is InChI=1S/C16H29NO3S/c1-4-19-15(18)12-17(13(2)3)14-5-8-20-16(11-14)6-9-21-10-7-16/h13-14H,4-12H2,1-3H3. The van der Waals surface area contributed by atoms with E-state index >= 15 is 0 Å². The second kappa shape index (κ2) is 7.84. The molecule has 0 aromatic rings. The van der Waals surface area contributed by atoms with Crippen LogP contribution in [0, 0.1) is 0 Å². The van der Waals surface area contributed by atoms with Crippen LogP contribution in [0.1, 0.15) is 46.5 Å². The minimum absolute atomic E-state index is 0.0654. The highest BCUT2D eigenvalue weighted by molar-refractivity contribution is 7.99. The second-order valence-electron chi connectivity index (χ2n) is 6.36. The van der Waals surface area contributed by atoms with E-state index in [1.165, 1.54) is 11.5 Å². The molecule has 0 aliphatic carbocycles. The number of esters is 1. The molecule has 0 amide bonds. The summed E-state index contributed by atoms with van der Waals surface area (Å²) in [5, 5.41) is 0. The third-order valence-corrected chi connectivity index (χ3v) is 5.61. The molecule has 0 saturated carbocycles. The van der Waals surface area contributed by atoms with Gasteiger partial charge in [0.2, 0.25) is 0 Å². The molecular formula is C16H29NO3S. The van der Waals surface area contributed by atoms with Crippen molar-refractivity contribution in [2.45, 2.75) is 64.1 Å². The van der Waals surface area contributed by atoms with Gasteiger partial charge in [-0.15, -0.1) is 0 Å². The summed E-state index contributed by atoms with van der Waals surface area (Å²) in [4.78, 5) is 14.2. The zero-order valence-electron chi connectivity index (χ0n) is 13.6. The van der Waals surface area contributed by atoms with Gasteiger partial charge in [0.25, 0.3) is 0 Å². The van der Waals surface area contributed by atoms with Crippen molar-refractivity contribution in [2.75, 3.05) is 31.3 Å². The largest absolute Gasteiger partial charge is 0.465 e. The lowest BCUT2D eigenvalue weighted by atomic mass is 9.84. The molecule has 1 spiro atoms. The smallest absolute Gasteiger partial charge is 0.320 e. The fraction of sp³-hybridized carbons (Fsp3) is 0.938. The van der Waals surface area contributed by atoms with E-state index in [1.54, 1.807) is 0 Å². The van der Waals surface area contributed by atoms with Gasteiger partial charge in [-0.1, -0.05) is 0 Å². The van der Waals surface area contributed by atoms with Crippen LogP contribution in [-0.2, 0) is 14.3 Å². The van der Waals surface area contributed by atoms with Gasteiger partial charge in [0.15, 0.2) is 0 Å². The molecule has 2 heterocycles. The van der Waals surface area contributed by atoms with Gasteiger partial charge in [0, 0.05) is 18.7 Å². The number of carbonyl (C=O) groups excluding carboxylic acids is 1. The molecule has 1 atom stereocenters. The van der Waals surface area contributed by atoms with Gasteiger partial charge in [-0.25, -0.2) is 0 Å². The van der Waals surface area contributed by atoms with Crippen LogP contribution in [0.15, 0.2) is 0 Å². The summed E-state index contributed by atoms with van der Waals surface area (Å²) in [5.41, 5.74) is 0.0654. The quantitative estimate of drug-likeness (QED) is 0.729. The molecule has 21 heavy (non-hydrogen) atoms. The SMILES string of the molecule is CCOC(=O)CN(C(C)C)C1CCOC2(CCSCC2)C1. The predicted octanol–water partition coefficient (Wildman–Crippen LogP) is 2.70. The van der Waals surface area contributed by atoms with Gasteiger partial charge in [0.1, 0.15) is 0 Å². The molecule has 122 valence electrons. The van der Waals surface area contributed by atoms with E-state index in [9.17, 15) is 4.79 Å². The maximum Gasteiger partial charge on any atom is 0.320 e. The van der Waals surface area contributed by atoms with E-state index < -0.39 is 0 Å². The van der Waals surface area contributed by atoms with E-state index in [-0.39, 0.29) is 11.6 Å². The number of hydrogen-bond donors (Lipinski definition) is 0. The Hall–Kier alpha value is -0.260.